The Labute approximate surface area is 120 Å². The van der Waals surface area contributed by atoms with Crippen LogP contribution in [0.25, 0.3) is 0 Å². The van der Waals surface area contributed by atoms with Crippen LogP contribution in [0.3, 0.4) is 0 Å². The zero-order valence-electron chi connectivity index (χ0n) is 11.5. The number of rotatable bonds is 5. The van der Waals surface area contributed by atoms with Crippen LogP contribution < -0.4 is 5.32 Å². The van der Waals surface area contributed by atoms with Gasteiger partial charge in [-0.3, -0.25) is 4.79 Å². The van der Waals surface area contributed by atoms with E-state index in [4.69, 9.17) is 5.11 Å². The number of aromatic nitrogens is 3. The SMILES string of the molecule is O=C(NCCn1cc(C(=O)O)nn1)C(F)=C1CCCCC1. The minimum Gasteiger partial charge on any atom is -0.476 e. The fourth-order valence-electron chi connectivity index (χ4n) is 2.23. The van der Waals surface area contributed by atoms with Crippen molar-refractivity contribution in [3.63, 3.8) is 0 Å². The maximum absolute atomic E-state index is 13.9. The second kappa shape index (κ2) is 6.96. The van der Waals surface area contributed by atoms with E-state index < -0.39 is 17.7 Å². The van der Waals surface area contributed by atoms with E-state index >= 15 is 0 Å². The van der Waals surface area contributed by atoms with Crippen LogP contribution in [0.5, 0.6) is 0 Å². The Morgan fingerprint density at radius 2 is 2.05 bits per heavy atom. The molecule has 1 aromatic rings. The summed E-state index contributed by atoms with van der Waals surface area (Å²) in [5.41, 5.74) is 0.421. The number of nitrogens with one attached hydrogen (secondary N) is 1. The van der Waals surface area contributed by atoms with Crippen LogP contribution >= 0.6 is 0 Å². The topological polar surface area (TPSA) is 97.1 Å². The highest BCUT2D eigenvalue weighted by Crippen LogP contribution is 2.26. The van der Waals surface area contributed by atoms with Crippen molar-refractivity contribution in [2.75, 3.05) is 6.54 Å². The van der Waals surface area contributed by atoms with Crippen molar-refractivity contribution >= 4 is 11.9 Å². The molecule has 0 unspecified atom stereocenters. The quantitative estimate of drug-likeness (QED) is 0.798. The summed E-state index contributed by atoms with van der Waals surface area (Å²) < 4.78 is 15.2. The van der Waals surface area contributed by atoms with E-state index in [1.807, 2.05) is 0 Å². The molecular weight excluding hydrogens is 279 g/mol. The number of carboxylic acid groups (broad SMARTS) is 1. The fraction of sp³-hybridized carbons (Fsp3) is 0.538. The van der Waals surface area contributed by atoms with Crippen molar-refractivity contribution in [2.24, 2.45) is 0 Å². The zero-order chi connectivity index (χ0) is 15.2. The molecule has 0 aromatic carbocycles. The minimum atomic E-state index is -1.17. The maximum Gasteiger partial charge on any atom is 0.358 e. The molecule has 7 nitrogen and oxygen atoms in total. The predicted octanol–water partition coefficient (Wildman–Crippen LogP) is 1.28. The maximum atomic E-state index is 13.9. The highest BCUT2D eigenvalue weighted by molar-refractivity contribution is 5.91. The van der Waals surface area contributed by atoms with Gasteiger partial charge in [0, 0.05) is 6.54 Å². The number of carboxylic acids is 1. The molecule has 8 heteroatoms. The lowest BCUT2D eigenvalue weighted by Crippen LogP contribution is -2.28. The van der Waals surface area contributed by atoms with Gasteiger partial charge in [0.2, 0.25) is 0 Å². The predicted molar refractivity (Wildman–Crippen MR) is 71.2 cm³/mol. The Morgan fingerprint density at radius 3 is 2.67 bits per heavy atom. The van der Waals surface area contributed by atoms with Crippen LogP contribution in [-0.4, -0.2) is 38.5 Å². The van der Waals surface area contributed by atoms with Crippen molar-refractivity contribution in [1.82, 2.24) is 20.3 Å². The molecule has 0 aliphatic heterocycles. The monoisotopic (exact) mass is 296 g/mol. The van der Waals surface area contributed by atoms with Crippen molar-refractivity contribution in [3.8, 4) is 0 Å². The smallest absolute Gasteiger partial charge is 0.358 e. The second-order valence-corrected chi connectivity index (χ2v) is 4.91. The molecule has 1 amide bonds. The third-order valence-corrected chi connectivity index (χ3v) is 3.35. The number of nitrogens with zero attached hydrogens (tertiary/aromatic N) is 3. The largest absolute Gasteiger partial charge is 0.476 e. The molecule has 2 rings (SSSR count). The lowest BCUT2D eigenvalue weighted by molar-refractivity contribution is -0.119. The van der Waals surface area contributed by atoms with Crippen molar-refractivity contribution in [3.05, 3.63) is 23.3 Å². The molecule has 21 heavy (non-hydrogen) atoms. The number of hydrogen-bond donors (Lipinski definition) is 2. The number of amides is 1. The normalized spacial score (nSPS) is 14.8. The zero-order valence-corrected chi connectivity index (χ0v) is 11.5. The Balaban J connectivity index is 1.82. The molecule has 1 heterocycles. The first kappa shape index (κ1) is 15.1. The minimum absolute atomic E-state index is 0.155. The molecule has 0 atom stereocenters. The number of carbonyl (C=O) groups is 2. The first-order valence-corrected chi connectivity index (χ1v) is 6.87. The van der Waals surface area contributed by atoms with Crippen LogP contribution in [-0.2, 0) is 11.3 Å². The van der Waals surface area contributed by atoms with Crippen molar-refractivity contribution < 1.29 is 19.1 Å². The third kappa shape index (κ3) is 4.11. The van der Waals surface area contributed by atoms with Gasteiger partial charge in [-0.15, -0.1) is 5.10 Å². The standard InChI is InChI=1S/C13H17FN4O3/c14-11(9-4-2-1-3-5-9)12(19)15-6-7-18-8-10(13(20)21)16-17-18/h8H,1-7H2,(H,15,19)(H,20,21). The van der Waals surface area contributed by atoms with Gasteiger partial charge in [-0.1, -0.05) is 11.6 Å². The Kier molecular flexibility index (Phi) is 5.02. The van der Waals surface area contributed by atoms with Gasteiger partial charge in [0.25, 0.3) is 5.91 Å². The molecule has 0 saturated heterocycles. The number of carbonyl (C=O) groups excluding carboxylic acids is 1. The Hall–Kier alpha value is -2.25. The molecule has 0 radical (unpaired) electrons. The average Bonchev–Trinajstić information content (AvgIpc) is 2.96. The summed E-state index contributed by atoms with van der Waals surface area (Å²) in [6.07, 6.45) is 5.47. The van der Waals surface area contributed by atoms with E-state index in [9.17, 15) is 14.0 Å². The van der Waals surface area contributed by atoms with E-state index in [1.165, 1.54) is 10.9 Å². The number of hydrogen-bond acceptors (Lipinski definition) is 4. The van der Waals surface area contributed by atoms with Gasteiger partial charge >= 0.3 is 5.97 Å². The molecule has 0 bridgehead atoms. The van der Waals surface area contributed by atoms with Gasteiger partial charge in [0.15, 0.2) is 11.5 Å². The highest BCUT2D eigenvalue weighted by atomic mass is 19.1. The molecule has 2 N–H and O–H groups in total. The average molecular weight is 296 g/mol. The Morgan fingerprint density at radius 1 is 1.33 bits per heavy atom. The molecule has 1 saturated carbocycles. The summed E-state index contributed by atoms with van der Waals surface area (Å²) in [5, 5.41) is 18.2. The fourth-order valence-corrected chi connectivity index (χ4v) is 2.23. The second-order valence-electron chi connectivity index (χ2n) is 4.91. The van der Waals surface area contributed by atoms with Crippen LogP contribution in [0.4, 0.5) is 4.39 Å². The number of allylic oxidation sites excluding steroid dienone is 1. The van der Waals surface area contributed by atoms with Gasteiger partial charge in [0.1, 0.15) is 0 Å². The van der Waals surface area contributed by atoms with Crippen molar-refractivity contribution in [1.29, 1.82) is 0 Å². The Bertz CT molecular complexity index is 560. The molecule has 1 aromatic heterocycles. The first-order valence-electron chi connectivity index (χ1n) is 6.87. The lowest BCUT2D eigenvalue weighted by Gasteiger charge is -2.14. The molecule has 1 aliphatic rings. The van der Waals surface area contributed by atoms with Gasteiger partial charge < -0.3 is 10.4 Å². The third-order valence-electron chi connectivity index (χ3n) is 3.35. The summed E-state index contributed by atoms with van der Waals surface area (Å²) in [6, 6.07) is 0. The summed E-state index contributed by atoms with van der Waals surface area (Å²) in [6.45, 7) is 0.386. The molecule has 1 fully saturated rings. The lowest BCUT2D eigenvalue weighted by atomic mass is 9.94. The number of aromatic carboxylic acids is 1. The van der Waals surface area contributed by atoms with E-state index in [0.29, 0.717) is 18.4 Å². The molecule has 1 aliphatic carbocycles. The van der Waals surface area contributed by atoms with E-state index in [2.05, 4.69) is 15.6 Å². The first-order chi connectivity index (χ1) is 10.1. The van der Waals surface area contributed by atoms with Gasteiger partial charge in [-0.05, 0) is 31.3 Å². The summed E-state index contributed by atoms with van der Waals surface area (Å²) in [7, 11) is 0. The molecule has 0 spiro atoms. The van der Waals surface area contributed by atoms with Crippen LogP contribution in [0, 0.1) is 0 Å². The van der Waals surface area contributed by atoms with E-state index in [0.717, 1.165) is 19.3 Å². The van der Waals surface area contributed by atoms with Gasteiger partial charge in [-0.2, -0.15) is 0 Å². The van der Waals surface area contributed by atoms with Gasteiger partial charge in [0.05, 0.1) is 12.7 Å². The van der Waals surface area contributed by atoms with Gasteiger partial charge in [-0.25, -0.2) is 13.9 Å². The summed E-state index contributed by atoms with van der Waals surface area (Å²) in [5.74, 6) is -2.57. The van der Waals surface area contributed by atoms with Crippen LogP contribution in [0.1, 0.15) is 42.6 Å². The molecule has 114 valence electrons. The van der Waals surface area contributed by atoms with Crippen molar-refractivity contribution in [2.45, 2.75) is 38.6 Å². The number of halogens is 1. The molecular formula is C13H17FN4O3. The summed E-state index contributed by atoms with van der Waals surface area (Å²) in [4.78, 5) is 22.3. The van der Waals surface area contributed by atoms with Crippen LogP contribution in [0.2, 0.25) is 0 Å². The van der Waals surface area contributed by atoms with E-state index in [-0.39, 0.29) is 18.8 Å². The summed E-state index contributed by atoms with van der Waals surface area (Å²) >= 11 is 0. The van der Waals surface area contributed by atoms with Crippen LogP contribution in [0.15, 0.2) is 17.6 Å². The highest BCUT2D eigenvalue weighted by Gasteiger charge is 2.17. The van der Waals surface area contributed by atoms with E-state index in [1.54, 1.807) is 0 Å².